The zero-order valence-corrected chi connectivity index (χ0v) is 12.6. The first-order chi connectivity index (χ1) is 9.34. The van der Waals surface area contributed by atoms with Crippen LogP contribution in [0.5, 0.6) is 0 Å². The molecule has 0 bridgehead atoms. The molecule has 6 heteroatoms. The lowest BCUT2D eigenvalue weighted by atomic mass is 10.1. The van der Waals surface area contributed by atoms with E-state index in [4.69, 9.17) is 0 Å². The van der Waals surface area contributed by atoms with E-state index in [9.17, 15) is 19.1 Å². The Hall–Kier alpha value is -1.00. The molecule has 111 valence electrons. The third kappa shape index (κ3) is 5.55. The molecule has 0 heterocycles. The molecule has 1 radical (unpaired) electrons. The molecule has 0 amide bonds. The average Bonchev–Trinajstić information content (AvgIpc) is 2.38. The fourth-order valence-corrected chi connectivity index (χ4v) is 2.69. The summed E-state index contributed by atoms with van der Waals surface area (Å²) < 4.78 is 11.5. The van der Waals surface area contributed by atoms with Crippen molar-refractivity contribution in [1.29, 1.82) is 0 Å². The first-order valence-electron chi connectivity index (χ1n) is 6.57. The van der Waals surface area contributed by atoms with Crippen LogP contribution in [-0.2, 0) is 15.8 Å². The van der Waals surface area contributed by atoms with Crippen LogP contribution < -0.4 is 5.32 Å². The highest BCUT2D eigenvalue weighted by Gasteiger charge is 2.31. The summed E-state index contributed by atoms with van der Waals surface area (Å²) in [4.78, 5) is 29.6. The normalized spacial score (nSPS) is 15.1. The summed E-state index contributed by atoms with van der Waals surface area (Å²) in [7, 11) is -4.31. The molecule has 0 saturated carbocycles. The molecule has 5 nitrogen and oxygen atoms in total. The largest absolute Gasteiger partial charge is 0.342 e. The quantitative estimate of drug-likeness (QED) is 0.638. The van der Waals surface area contributed by atoms with E-state index in [0.29, 0.717) is 6.42 Å². The van der Waals surface area contributed by atoms with E-state index in [-0.39, 0.29) is 12.3 Å². The van der Waals surface area contributed by atoms with Crippen LogP contribution in [0.2, 0.25) is 0 Å². The van der Waals surface area contributed by atoms with E-state index >= 15 is 0 Å². The van der Waals surface area contributed by atoms with Crippen molar-refractivity contribution < 1.29 is 19.1 Å². The molecular weight excluding hydrogens is 277 g/mol. The molecule has 3 N–H and O–H groups in total. The maximum Gasteiger partial charge on any atom is 0.342 e. The Morgan fingerprint density at radius 3 is 2.30 bits per heavy atom. The van der Waals surface area contributed by atoms with Crippen LogP contribution in [0.4, 0.5) is 0 Å². The maximum atomic E-state index is 11.5. The highest BCUT2D eigenvalue weighted by molar-refractivity contribution is 7.52. The SMILES string of the molecule is CC(C)[C@@H]([C]=O)NC(CCc1ccccc1)P(=O)(O)O. The lowest BCUT2D eigenvalue weighted by Gasteiger charge is -2.25. The van der Waals surface area contributed by atoms with Crippen LogP contribution in [0.1, 0.15) is 25.8 Å². The Bertz CT molecular complexity index is 458. The van der Waals surface area contributed by atoms with Gasteiger partial charge in [-0.3, -0.25) is 14.7 Å². The minimum Gasteiger partial charge on any atom is -0.323 e. The van der Waals surface area contributed by atoms with Gasteiger partial charge in [0.05, 0.1) is 6.04 Å². The summed E-state index contributed by atoms with van der Waals surface area (Å²) >= 11 is 0. The summed E-state index contributed by atoms with van der Waals surface area (Å²) in [5, 5.41) is 2.73. The first kappa shape index (κ1) is 17.1. The monoisotopic (exact) mass is 298 g/mol. The van der Waals surface area contributed by atoms with Crippen molar-refractivity contribution in [3.8, 4) is 0 Å². The zero-order valence-electron chi connectivity index (χ0n) is 11.7. The van der Waals surface area contributed by atoms with E-state index in [1.807, 2.05) is 30.3 Å². The van der Waals surface area contributed by atoms with Gasteiger partial charge in [0, 0.05) is 0 Å². The number of hydrogen-bond acceptors (Lipinski definition) is 3. The molecular formula is C14H21NO4P. The molecule has 1 aromatic rings. The van der Waals surface area contributed by atoms with Crippen LogP contribution in [0.3, 0.4) is 0 Å². The number of aryl methyl sites for hydroxylation is 1. The van der Waals surface area contributed by atoms with Crippen LogP contribution in [0, 0.1) is 5.92 Å². The second kappa shape index (κ2) is 7.70. The van der Waals surface area contributed by atoms with Crippen molar-refractivity contribution in [1.82, 2.24) is 5.32 Å². The van der Waals surface area contributed by atoms with E-state index < -0.39 is 19.4 Å². The molecule has 0 saturated heterocycles. The van der Waals surface area contributed by atoms with Crippen molar-refractivity contribution in [3.63, 3.8) is 0 Å². The number of nitrogens with one attached hydrogen (secondary N) is 1. The zero-order chi connectivity index (χ0) is 15.2. The van der Waals surface area contributed by atoms with E-state index in [1.54, 1.807) is 20.1 Å². The molecule has 0 aliphatic rings. The second-order valence-corrected chi connectivity index (χ2v) is 6.94. The van der Waals surface area contributed by atoms with Crippen LogP contribution in [-0.4, -0.2) is 27.9 Å². The Morgan fingerprint density at radius 2 is 1.85 bits per heavy atom. The van der Waals surface area contributed by atoms with Crippen molar-refractivity contribution in [2.24, 2.45) is 5.92 Å². The van der Waals surface area contributed by atoms with Crippen molar-refractivity contribution in [2.75, 3.05) is 0 Å². The summed E-state index contributed by atoms with van der Waals surface area (Å²) in [5.41, 5.74) is 1.00. The Kier molecular flexibility index (Phi) is 6.56. The summed E-state index contributed by atoms with van der Waals surface area (Å²) in [6, 6.07) is 8.78. The molecule has 0 aromatic heterocycles. The van der Waals surface area contributed by atoms with E-state index in [1.165, 1.54) is 0 Å². The lowest BCUT2D eigenvalue weighted by molar-refractivity contribution is 0.328. The molecule has 0 aliphatic carbocycles. The first-order valence-corrected chi connectivity index (χ1v) is 8.25. The fourth-order valence-electron chi connectivity index (χ4n) is 1.87. The standard InChI is InChI=1S/C14H21NO4P/c1-11(2)13(10-16)15-14(20(17,18)19)9-8-12-6-4-3-5-7-12/h3-7,11,13-15H,8-9H2,1-2H3,(H2,17,18,19)/t13-,14?/m1/s1. The minimum atomic E-state index is -4.31. The number of hydrogen-bond donors (Lipinski definition) is 3. The number of carbonyl (C=O) groups excluding carboxylic acids is 1. The van der Waals surface area contributed by atoms with Crippen LogP contribution in [0.25, 0.3) is 0 Å². The molecule has 1 aromatic carbocycles. The van der Waals surface area contributed by atoms with Gasteiger partial charge in [-0.25, -0.2) is 0 Å². The molecule has 1 unspecified atom stereocenters. The van der Waals surface area contributed by atoms with Crippen LogP contribution in [0.15, 0.2) is 30.3 Å². The summed E-state index contributed by atoms with van der Waals surface area (Å²) in [6.45, 7) is 3.60. The molecule has 2 atom stereocenters. The van der Waals surface area contributed by atoms with Gasteiger partial charge in [0.1, 0.15) is 5.78 Å². The summed E-state index contributed by atoms with van der Waals surface area (Å²) in [5.74, 6) is -1.10. The van der Waals surface area contributed by atoms with Gasteiger partial charge < -0.3 is 9.79 Å². The van der Waals surface area contributed by atoms with Gasteiger partial charge in [-0.1, -0.05) is 44.2 Å². The highest BCUT2D eigenvalue weighted by atomic mass is 31.2. The van der Waals surface area contributed by atoms with Gasteiger partial charge in [-0.05, 0) is 24.3 Å². The van der Waals surface area contributed by atoms with Gasteiger partial charge in [0.15, 0.2) is 0 Å². The Labute approximate surface area is 119 Å². The number of benzene rings is 1. The molecule has 0 fully saturated rings. The molecule has 20 heavy (non-hydrogen) atoms. The lowest BCUT2D eigenvalue weighted by Crippen LogP contribution is -2.42. The van der Waals surface area contributed by atoms with Gasteiger partial charge in [-0.2, -0.15) is 0 Å². The number of rotatable bonds is 8. The third-order valence-corrected chi connectivity index (χ3v) is 4.34. The van der Waals surface area contributed by atoms with Gasteiger partial charge in [0.2, 0.25) is 6.29 Å². The second-order valence-electron chi connectivity index (χ2n) is 5.14. The van der Waals surface area contributed by atoms with Gasteiger partial charge in [-0.15, -0.1) is 0 Å². The third-order valence-electron chi connectivity index (χ3n) is 3.12. The highest BCUT2D eigenvalue weighted by Crippen LogP contribution is 2.42. The van der Waals surface area contributed by atoms with Crippen molar-refractivity contribution in [2.45, 2.75) is 38.5 Å². The predicted octanol–water partition coefficient (Wildman–Crippen LogP) is 1.85. The topological polar surface area (TPSA) is 86.6 Å². The van der Waals surface area contributed by atoms with Crippen molar-refractivity contribution >= 4 is 13.9 Å². The van der Waals surface area contributed by atoms with Crippen LogP contribution >= 0.6 is 7.60 Å². The molecule has 0 aliphatic heterocycles. The van der Waals surface area contributed by atoms with Crippen molar-refractivity contribution in [3.05, 3.63) is 35.9 Å². The van der Waals surface area contributed by atoms with E-state index in [2.05, 4.69) is 5.32 Å². The summed E-state index contributed by atoms with van der Waals surface area (Å²) in [6.07, 6.45) is 2.60. The smallest absolute Gasteiger partial charge is 0.323 e. The molecule has 1 rings (SSSR count). The van der Waals surface area contributed by atoms with Gasteiger partial charge in [0.25, 0.3) is 0 Å². The minimum absolute atomic E-state index is 0.0710. The average molecular weight is 298 g/mol. The maximum absolute atomic E-state index is 11.5. The fraction of sp³-hybridized carbons (Fsp3) is 0.500. The van der Waals surface area contributed by atoms with E-state index in [0.717, 1.165) is 5.56 Å². The Morgan fingerprint density at radius 1 is 1.25 bits per heavy atom. The Balaban J connectivity index is 2.71. The molecule has 0 spiro atoms. The van der Waals surface area contributed by atoms with Gasteiger partial charge >= 0.3 is 7.60 Å². The predicted molar refractivity (Wildman–Crippen MR) is 78.1 cm³/mol.